The number of rotatable bonds is 3. The molecule has 0 N–H and O–H groups in total. The molecule has 0 aliphatic heterocycles. The summed E-state index contributed by atoms with van der Waals surface area (Å²) in [5.41, 5.74) is 2.53. The molecule has 0 aliphatic rings. The zero-order valence-electron chi connectivity index (χ0n) is 11.6. The Balaban J connectivity index is 0.00000162. The molecule has 0 spiro atoms. The van der Waals surface area contributed by atoms with Crippen LogP contribution in [0.15, 0.2) is 24.5 Å². The van der Waals surface area contributed by atoms with E-state index in [1.165, 1.54) is 11.3 Å². The highest BCUT2D eigenvalue weighted by Gasteiger charge is 2.21. The van der Waals surface area contributed by atoms with Gasteiger partial charge in [0.05, 0.1) is 13.2 Å². The van der Waals surface area contributed by atoms with Crippen LogP contribution in [0.3, 0.4) is 0 Å². The van der Waals surface area contributed by atoms with E-state index in [2.05, 4.69) is 55.1 Å². The largest absolute Gasteiger partial charge is 1.00 e. The van der Waals surface area contributed by atoms with Gasteiger partial charge in [-0.2, -0.15) is 4.40 Å². The highest BCUT2D eigenvalue weighted by molar-refractivity contribution is 5.39. The Bertz CT molecular complexity index is 532. The molecule has 2 heterocycles. The molecule has 4 heteroatoms. The van der Waals surface area contributed by atoms with E-state index < -0.39 is 0 Å². The number of nitrogens with zero attached hydrogens (tertiary/aromatic N) is 2. The summed E-state index contributed by atoms with van der Waals surface area (Å²) in [6, 6.07) is 4.59. The quantitative estimate of drug-likeness (QED) is 0.554. The number of hydrogen-bond acceptors (Lipinski definition) is 1. The molecule has 18 heavy (non-hydrogen) atoms. The van der Waals surface area contributed by atoms with Crippen molar-refractivity contribution in [1.82, 2.24) is 4.40 Å². The van der Waals surface area contributed by atoms with Crippen LogP contribution in [0, 0.1) is 0 Å². The maximum absolute atomic E-state index is 5.30. The first kappa shape index (κ1) is 15.3. The number of methoxy groups -OCH3 is 1. The Morgan fingerprint density at radius 2 is 1.83 bits per heavy atom. The van der Waals surface area contributed by atoms with E-state index in [4.69, 9.17) is 4.74 Å². The van der Waals surface area contributed by atoms with E-state index in [1.54, 1.807) is 7.11 Å². The summed E-state index contributed by atoms with van der Waals surface area (Å²) >= 11 is 0. The number of halogens is 1. The van der Waals surface area contributed by atoms with Gasteiger partial charge in [0.2, 0.25) is 0 Å². The van der Waals surface area contributed by atoms with Crippen molar-refractivity contribution in [2.24, 2.45) is 0 Å². The summed E-state index contributed by atoms with van der Waals surface area (Å²) < 4.78 is 9.82. The van der Waals surface area contributed by atoms with Crippen LogP contribution in [0.5, 0.6) is 5.75 Å². The monoisotopic (exact) mass is 360 g/mol. The summed E-state index contributed by atoms with van der Waals surface area (Å²) in [7, 11) is 1.70. The second-order valence-corrected chi connectivity index (χ2v) is 5.01. The SMILES string of the molecule is COc1ccc2n(c1)c(C(C)C)c[n+]2C(C)C.[I-]. The van der Waals surface area contributed by atoms with Crippen LogP contribution < -0.4 is 33.3 Å². The van der Waals surface area contributed by atoms with Gasteiger partial charge in [-0.25, -0.2) is 4.57 Å². The van der Waals surface area contributed by atoms with Crippen molar-refractivity contribution in [2.45, 2.75) is 39.7 Å². The maximum atomic E-state index is 5.30. The Morgan fingerprint density at radius 1 is 1.17 bits per heavy atom. The molecule has 0 unspecified atom stereocenters. The number of pyridine rings is 1. The molecule has 0 saturated carbocycles. The summed E-state index contributed by atoms with van der Waals surface area (Å²) in [6.45, 7) is 8.83. The van der Waals surface area contributed by atoms with Crippen LogP contribution >= 0.6 is 0 Å². The van der Waals surface area contributed by atoms with E-state index in [1.807, 2.05) is 6.07 Å². The number of imidazole rings is 1. The zero-order chi connectivity index (χ0) is 12.6. The molecule has 3 nitrogen and oxygen atoms in total. The highest BCUT2D eigenvalue weighted by Crippen LogP contribution is 2.20. The lowest BCUT2D eigenvalue weighted by Crippen LogP contribution is -3.00. The van der Waals surface area contributed by atoms with E-state index >= 15 is 0 Å². The van der Waals surface area contributed by atoms with E-state index in [-0.39, 0.29) is 24.0 Å². The fraction of sp³-hybridized carbons (Fsp3) is 0.500. The summed E-state index contributed by atoms with van der Waals surface area (Å²) in [6.07, 6.45) is 4.30. The molecule has 0 radical (unpaired) electrons. The van der Waals surface area contributed by atoms with Crippen molar-refractivity contribution in [2.75, 3.05) is 7.11 Å². The third-order valence-corrected chi connectivity index (χ3v) is 3.10. The first-order chi connectivity index (χ1) is 8.04. The molecule has 0 bridgehead atoms. The third-order valence-electron chi connectivity index (χ3n) is 3.10. The molecular formula is C14H21IN2O. The Hall–Kier alpha value is -0.780. The predicted octanol–water partition coefficient (Wildman–Crippen LogP) is -0.0563. The summed E-state index contributed by atoms with van der Waals surface area (Å²) in [5, 5.41) is 0. The van der Waals surface area contributed by atoms with E-state index in [9.17, 15) is 0 Å². The van der Waals surface area contributed by atoms with Gasteiger partial charge in [0.15, 0.2) is 11.4 Å². The second-order valence-electron chi connectivity index (χ2n) is 5.01. The van der Waals surface area contributed by atoms with Gasteiger partial charge in [0.25, 0.3) is 5.65 Å². The van der Waals surface area contributed by atoms with Crippen LogP contribution in [0.1, 0.15) is 45.3 Å². The van der Waals surface area contributed by atoms with E-state index in [0.717, 1.165) is 5.75 Å². The number of fused-ring (bicyclic) bond motifs is 1. The normalized spacial score (nSPS) is 11.1. The first-order valence-corrected chi connectivity index (χ1v) is 6.14. The van der Waals surface area contributed by atoms with Gasteiger partial charge in [-0.05, 0) is 19.9 Å². The van der Waals surface area contributed by atoms with Crippen molar-refractivity contribution in [1.29, 1.82) is 0 Å². The number of ether oxygens (including phenoxy) is 1. The Morgan fingerprint density at radius 3 is 2.33 bits per heavy atom. The predicted molar refractivity (Wildman–Crippen MR) is 68.6 cm³/mol. The molecule has 0 fully saturated rings. The lowest BCUT2D eigenvalue weighted by atomic mass is 10.1. The minimum atomic E-state index is 0. The van der Waals surface area contributed by atoms with Crippen LogP contribution in [0.4, 0.5) is 0 Å². The lowest BCUT2D eigenvalue weighted by molar-refractivity contribution is -0.691. The van der Waals surface area contributed by atoms with Crippen LogP contribution in [-0.2, 0) is 0 Å². The van der Waals surface area contributed by atoms with Gasteiger partial charge in [-0.1, -0.05) is 13.8 Å². The molecule has 0 aromatic carbocycles. The summed E-state index contributed by atoms with van der Waals surface area (Å²) in [5.74, 6) is 1.39. The van der Waals surface area contributed by atoms with Crippen molar-refractivity contribution >= 4 is 5.65 Å². The maximum Gasteiger partial charge on any atom is 0.286 e. The van der Waals surface area contributed by atoms with Crippen LogP contribution in [0.2, 0.25) is 0 Å². The van der Waals surface area contributed by atoms with Gasteiger partial charge in [0.1, 0.15) is 12.4 Å². The van der Waals surface area contributed by atoms with Crippen LogP contribution in [0.25, 0.3) is 5.65 Å². The molecule has 2 aromatic rings. The van der Waals surface area contributed by atoms with Crippen molar-refractivity contribution < 1.29 is 33.3 Å². The molecular weight excluding hydrogens is 339 g/mol. The Labute approximate surface area is 126 Å². The molecule has 2 rings (SSSR count). The van der Waals surface area contributed by atoms with E-state index in [0.29, 0.717) is 12.0 Å². The molecule has 2 aromatic heterocycles. The zero-order valence-corrected chi connectivity index (χ0v) is 13.8. The molecule has 0 saturated heterocycles. The fourth-order valence-corrected chi connectivity index (χ4v) is 2.12. The van der Waals surface area contributed by atoms with Gasteiger partial charge in [0, 0.05) is 12.0 Å². The second kappa shape index (κ2) is 5.91. The average Bonchev–Trinajstić information content (AvgIpc) is 2.67. The highest BCUT2D eigenvalue weighted by atomic mass is 127. The van der Waals surface area contributed by atoms with Gasteiger partial charge in [-0.15, -0.1) is 0 Å². The smallest absolute Gasteiger partial charge is 0.286 e. The first-order valence-electron chi connectivity index (χ1n) is 6.14. The molecule has 100 valence electrons. The standard InChI is InChI=1S/C14H21N2O.HI/c1-10(2)13-9-15(11(3)4)14-7-6-12(17-5)8-16(13)14;/h6-11H,1-5H3;1H/q+1;/p-1. The third kappa shape index (κ3) is 2.63. The molecule has 0 atom stereocenters. The fourth-order valence-electron chi connectivity index (χ4n) is 2.12. The minimum Gasteiger partial charge on any atom is -1.00 e. The molecule has 0 amide bonds. The van der Waals surface area contributed by atoms with Gasteiger partial charge < -0.3 is 28.7 Å². The van der Waals surface area contributed by atoms with Crippen LogP contribution in [-0.4, -0.2) is 11.5 Å². The van der Waals surface area contributed by atoms with Gasteiger partial charge >= 0.3 is 0 Å². The van der Waals surface area contributed by atoms with Crippen molar-refractivity contribution in [3.8, 4) is 5.75 Å². The number of aromatic nitrogens is 2. The summed E-state index contributed by atoms with van der Waals surface area (Å²) in [4.78, 5) is 0. The lowest BCUT2D eigenvalue weighted by Gasteiger charge is -2.01. The van der Waals surface area contributed by atoms with Crippen molar-refractivity contribution in [3.63, 3.8) is 0 Å². The van der Waals surface area contributed by atoms with Gasteiger partial charge in [-0.3, -0.25) is 0 Å². The van der Waals surface area contributed by atoms with Crippen molar-refractivity contribution in [3.05, 3.63) is 30.2 Å². The Kier molecular flexibility index (Phi) is 5.01. The minimum absolute atomic E-state index is 0. The molecule has 0 aliphatic carbocycles. The average molecular weight is 360 g/mol. The number of hydrogen-bond donors (Lipinski definition) is 0. The topological polar surface area (TPSA) is 17.5 Å².